The van der Waals surface area contributed by atoms with Crippen LogP contribution < -0.4 is 5.73 Å². The molecule has 5 heteroatoms. The van der Waals surface area contributed by atoms with Crippen LogP contribution in [0.4, 0.5) is 0 Å². The van der Waals surface area contributed by atoms with Gasteiger partial charge in [0, 0.05) is 18.7 Å². The minimum Gasteiger partial charge on any atom is -0.481 e. The van der Waals surface area contributed by atoms with Crippen molar-refractivity contribution in [2.24, 2.45) is 5.73 Å². The molecule has 0 fully saturated rings. The van der Waals surface area contributed by atoms with Crippen molar-refractivity contribution in [1.29, 1.82) is 0 Å². The molecule has 0 amide bonds. The van der Waals surface area contributed by atoms with Crippen LogP contribution >= 0.6 is 11.6 Å². The van der Waals surface area contributed by atoms with E-state index in [0.29, 0.717) is 17.2 Å². The van der Waals surface area contributed by atoms with Crippen molar-refractivity contribution < 1.29 is 14.6 Å². The van der Waals surface area contributed by atoms with Crippen LogP contribution in [0.3, 0.4) is 0 Å². The number of ether oxygens (including phenoxy) is 1. The molecule has 1 rings (SSSR count). The first-order valence-electron chi connectivity index (χ1n) is 4.80. The van der Waals surface area contributed by atoms with E-state index in [1.807, 2.05) is 0 Å². The second-order valence-electron chi connectivity index (χ2n) is 3.40. The quantitative estimate of drug-likeness (QED) is 0.824. The number of aliphatic carboxylic acids is 1. The van der Waals surface area contributed by atoms with Gasteiger partial charge in [0.1, 0.15) is 0 Å². The number of halogens is 1. The molecule has 0 aromatic heterocycles. The summed E-state index contributed by atoms with van der Waals surface area (Å²) in [5, 5.41) is 9.59. The molecule has 0 aliphatic heterocycles. The van der Waals surface area contributed by atoms with E-state index in [1.54, 1.807) is 25.3 Å². The monoisotopic (exact) mass is 243 g/mol. The minimum atomic E-state index is -0.942. The maximum Gasteiger partial charge on any atom is 0.312 e. The van der Waals surface area contributed by atoms with E-state index in [1.165, 1.54) is 0 Å². The van der Waals surface area contributed by atoms with Gasteiger partial charge < -0.3 is 15.6 Å². The standard InChI is InChI=1S/C11H14ClNO3/c1-16-6-7-4-8(12)2-3-9(7)10(5-13)11(14)15/h2-4,10H,5-6,13H2,1H3,(H,14,15). The molecule has 0 spiro atoms. The molecule has 0 bridgehead atoms. The van der Waals surface area contributed by atoms with Crippen LogP contribution in [0.5, 0.6) is 0 Å². The molecule has 0 radical (unpaired) electrons. The van der Waals surface area contributed by atoms with Gasteiger partial charge in [0.25, 0.3) is 0 Å². The zero-order valence-electron chi connectivity index (χ0n) is 8.94. The summed E-state index contributed by atoms with van der Waals surface area (Å²) in [7, 11) is 1.54. The van der Waals surface area contributed by atoms with Gasteiger partial charge in [-0.1, -0.05) is 17.7 Å². The Balaban J connectivity index is 3.14. The number of carboxylic acid groups (broad SMARTS) is 1. The van der Waals surface area contributed by atoms with E-state index in [-0.39, 0.29) is 6.54 Å². The molecule has 3 N–H and O–H groups in total. The molecule has 0 aliphatic carbocycles. The lowest BCUT2D eigenvalue weighted by Gasteiger charge is -2.15. The number of carboxylic acids is 1. The summed E-state index contributed by atoms with van der Waals surface area (Å²) in [4.78, 5) is 11.0. The molecule has 0 saturated carbocycles. The second-order valence-corrected chi connectivity index (χ2v) is 3.84. The summed E-state index contributed by atoms with van der Waals surface area (Å²) in [6, 6.07) is 5.04. The number of rotatable bonds is 5. The van der Waals surface area contributed by atoms with Crippen molar-refractivity contribution in [3.8, 4) is 0 Å². The number of hydrogen-bond acceptors (Lipinski definition) is 3. The molecule has 88 valence electrons. The molecule has 4 nitrogen and oxygen atoms in total. The SMILES string of the molecule is COCc1cc(Cl)ccc1C(CN)C(=O)O. The van der Waals surface area contributed by atoms with Gasteiger partial charge in [0.2, 0.25) is 0 Å². The van der Waals surface area contributed by atoms with Crippen molar-refractivity contribution in [1.82, 2.24) is 0 Å². The van der Waals surface area contributed by atoms with Gasteiger partial charge in [-0.3, -0.25) is 4.79 Å². The summed E-state index contributed by atoms with van der Waals surface area (Å²) < 4.78 is 5.01. The van der Waals surface area contributed by atoms with E-state index in [9.17, 15) is 4.79 Å². The van der Waals surface area contributed by atoms with Crippen molar-refractivity contribution in [3.05, 3.63) is 34.3 Å². The predicted octanol–water partition coefficient (Wildman–Crippen LogP) is 1.61. The molecule has 0 saturated heterocycles. The van der Waals surface area contributed by atoms with E-state index in [0.717, 1.165) is 5.56 Å². The fourth-order valence-corrected chi connectivity index (χ4v) is 1.75. The average molecular weight is 244 g/mol. The van der Waals surface area contributed by atoms with Gasteiger partial charge in [-0.2, -0.15) is 0 Å². The van der Waals surface area contributed by atoms with Gasteiger partial charge >= 0.3 is 5.97 Å². The lowest BCUT2D eigenvalue weighted by atomic mass is 9.94. The Morgan fingerprint density at radius 2 is 2.31 bits per heavy atom. The van der Waals surface area contributed by atoms with Gasteiger partial charge in [-0.15, -0.1) is 0 Å². The summed E-state index contributed by atoms with van der Waals surface area (Å²) in [6.45, 7) is 0.368. The van der Waals surface area contributed by atoms with E-state index < -0.39 is 11.9 Å². The average Bonchev–Trinajstić information content (AvgIpc) is 2.22. The van der Waals surface area contributed by atoms with E-state index >= 15 is 0 Å². The molecular weight excluding hydrogens is 230 g/mol. The van der Waals surface area contributed by atoms with Crippen LogP contribution in [0.25, 0.3) is 0 Å². The first-order valence-corrected chi connectivity index (χ1v) is 5.18. The first-order chi connectivity index (χ1) is 7.60. The number of carbonyl (C=O) groups is 1. The summed E-state index contributed by atoms with van der Waals surface area (Å²) in [6.07, 6.45) is 0. The zero-order chi connectivity index (χ0) is 12.1. The molecule has 1 unspecified atom stereocenters. The molecule has 1 atom stereocenters. The third kappa shape index (κ3) is 2.95. The Morgan fingerprint density at radius 1 is 1.62 bits per heavy atom. The van der Waals surface area contributed by atoms with Gasteiger partial charge in [-0.25, -0.2) is 0 Å². The molecule has 1 aromatic carbocycles. The van der Waals surface area contributed by atoms with Gasteiger partial charge in [0.05, 0.1) is 12.5 Å². The number of nitrogens with two attached hydrogens (primary N) is 1. The van der Waals surface area contributed by atoms with Gasteiger partial charge in [0.15, 0.2) is 0 Å². The Labute approximate surface area is 99.0 Å². The highest BCUT2D eigenvalue weighted by Gasteiger charge is 2.21. The third-order valence-electron chi connectivity index (χ3n) is 2.31. The van der Waals surface area contributed by atoms with E-state index in [2.05, 4.69) is 0 Å². The largest absolute Gasteiger partial charge is 0.481 e. The first kappa shape index (κ1) is 13.0. The fraction of sp³-hybridized carbons (Fsp3) is 0.364. The molecule has 0 aliphatic rings. The van der Waals surface area contributed by atoms with Gasteiger partial charge in [-0.05, 0) is 23.3 Å². The van der Waals surface area contributed by atoms with Crippen molar-refractivity contribution in [2.75, 3.05) is 13.7 Å². The highest BCUT2D eigenvalue weighted by Crippen LogP contribution is 2.24. The summed E-state index contributed by atoms with van der Waals surface area (Å²) >= 11 is 5.85. The molecule has 16 heavy (non-hydrogen) atoms. The maximum atomic E-state index is 11.0. The lowest BCUT2D eigenvalue weighted by molar-refractivity contribution is -0.138. The minimum absolute atomic E-state index is 0.0493. The molecule has 1 aromatic rings. The van der Waals surface area contributed by atoms with Crippen LogP contribution in [-0.2, 0) is 16.1 Å². The molecule has 0 heterocycles. The number of benzene rings is 1. The van der Waals surface area contributed by atoms with E-state index in [4.69, 9.17) is 27.2 Å². The second kappa shape index (κ2) is 5.84. The number of hydrogen-bond donors (Lipinski definition) is 2. The predicted molar refractivity (Wildman–Crippen MR) is 61.6 cm³/mol. The van der Waals surface area contributed by atoms with Crippen LogP contribution in [0.15, 0.2) is 18.2 Å². The zero-order valence-corrected chi connectivity index (χ0v) is 9.70. The van der Waals surface area contributed by atoms with Crippen molar-refractivity contribution in [2.45, 2.75) is 12.5 Å². The highest BCUT2D eigenvalue weighted by molar-refractivity contribution is 6.30. The van der Waals surface area contributed by atoms with Crippen LogP contribution in [0.1, 0.15) is 17.0 Å². The third-order valence-corrected chi connectivity index (χ3v) is 2.55. The normalized spacial score (nSPS) is 12.4. The fourth-order valence-electron chi connectivity index (χ4n) is 1.56. The van der Waals surface area contributed by atoms with Crippen molar-refractivity contribution in [3.63, 3.8) is 0 Å². The van der Waals surface area contributed by atoms with Crippen LogP contribution in [0.2, 0.25) is 5.02 Å². The topological polar surface area (TPSA) is 72.5 Å². The molecular formula is C11H14ClNO3. The smallest absolute Gasteiger partial charge is 0.312 e. The lowest BCUT2D eigenvalue weighted by Crippen LogP contribution is -2.22. The Kier molecular flexibility index (Phi) is 4.73. The van der Waals surface area contributed by atoms with Crippen molar-refractivity contribution >= 4 is 17.6 Å². The Hall–Kier alpha value is -1.10. The number of methoxy groups -OCH3 is 1. The maximum absolute atomic E-state index is 11.0. The van der Waals surface area contributed by atoms with Crippen LogP contribution in [0, 0.1) is 0 Å². The Bertz CT molecular complexity index is 381. The van der Waals surface area contributed by atoms with Crippen LogP contribution in [-0.4, -0.2) is 24.7 Å². The highest BCUT2D eigenvalue weighted by atomic mass is 35.5. The summed E-state index contributed by atoms with van der Waals surface area (Å²) in [5.74, 6) is -1.66. The summed E-state index contributed by atoms with van der Waals surface area (Å²) in [5.41, 5.74) is 6.87. The Morgan fingerprint density at radius 3 is 2.81 bits per heavy atom.